The quantitative estimate of drug-likeness (QED) is 0.143. The lowest BCUT2D eigenvalue weighted by atomic mass is 9.91. The molecule has 5 N–H and O–H groups in total. The van der Waals surface area contributed by atoms with E-state index in [9.17, 15) is 34.4 Å². The zero-order valence-electron chi connectivity index (χ0n) is 18.7. The molecule has 2 unspecified atom stereocenters. The molecule has 182 valence electrons. The van der Waals surface area contributed by atoms with Crippen LogP contribution < -0.4 is 11.1 Å². The smallest absolute Gasteiger partial charge is 0.344 e. The minimum Gasteiger partial charge on any atom is -0.481 e. The Kier molecular flexibility index (Phi) is 6.53. The number of benzene rings is 2. The van der Waals surface area contributed by atoms with Crippen LogP contribution >= 0.6 is 0 Å². The van der Waals surface area contributed by atoms with E-state index in [0.29, 0.717) is 21.1 Å². The van der Waals surface area contributed by atoms with Crippen LogP contribution in [0.1, 0.15) is 43.0 Å². The molecule has 0 saturated carbocycles. The van der Waals surface area contributed by atoms with E-state index < -0.39 is 46.7 Å². The van der Waals surface area contributed by atoms with Gasteiger partial charge in [-0.15, -0.1) is 0 Å². The lowest BCUT2D eigenvalue weighted by Gasteiger charge is -2.35. The van der Waals surface area contributed by atoms with Gasteiger partial charge in [-0.3, -0.25) is 29.9 Å². The minimum atomic E-state index is -1.63. The molecule has 4 amide bonds. The van der Waals surface area contributed by atoms with Crippen molar-refractivity contribution in [1.82, 2.24) is 15.3 Å². The summed E-state index contributed by atoms with van der Waals surface area (Å²) in [5, 5.41) is 31.9. The first-order chi connectivity index (χ1) is 16.4. The highest BCUT2D eigenvalue weighted by Crippen LogP contribution is 2.35. The van der Waals surface area contributed by atoms with Crippen LogP contribution in [0.2, 0.25) is 0 Å². The van der Waals surface area contributed by atoms with Gasteiger partial charge in [0.1, 0.15) is 11.4 Å². The van der Waals surface area contributed by atoms with Crippen molar-refractivity contribution in [2.75, 3.05) is 0 Å². The third-order valence-electron chi connectivity index (χ3n) is 5.61. The fourth-order valence-corrected chi connectivity index (χ4v) is 3.85. The first-order valence-corrected chi connectivity index (χ1v) is 10.2. The van der Waals surface area contributed by atoms with Crippen molar-refractivity contribution >= 4 is 35.3 Å². The van der Waals surface area contributed by atoms with Crippen LogP contribution in [-0.4, -0.2) is 49.7 Å². The fourth-order valence-electron chi connectivity index (χ4n) is 3.85. The maximum absolute atomic E-state index is 13.5. The summed E-state index contributed by atoms with van der Waals surface area (Å²) in [6.07, 6.45) is -0.734. The highest BCUT2D eigenvalue weighted by atomic mass is 16.6. The van der Waals surface area contributed by atoms with E-state index in [1.165, 1.54) is 49.4 Å². The summed E-state index contributed by atoms with van der Waals surface area (Å²) in [6, 6.07) is 8.54. The van der Waals surface area contributed by atoms with E-state index in [-0.39, 0.29) is 17.1 Å². The van der Waals surface area contributed by atoms with Gasteiger partial charge in [-0.25, -0.2) is 9.80 Å². The van der Waals surface area contributed by atoms with E-state index >= 15 is 0 Å². The number of amidine groups is 1. The normalized spacial score (nSPS) is 18.1. The van der Waals surface area contributed by atoms with E-state index in [0.717, 1.165) is 13.0 Å². The number of non-ortho nitro benzene ring substituents is 1. The Morgan fingerprint density at radius 1 is 1.26 bits per heavy atom. The molecule has 1 aliphatic heterocycles. The Balaban J connectivity index is 2.08. The summed E-state index contributed by atoms with van der Waals surface area (Å²) in [5.41, 5.74) is 4.25. The second-order valence-corrected chi connectivity index (χ2v) is 7.99. The number of rotatable bonds is 8. The molecular weight excluding hydrogens is 460 g/mol. The number of nitro benzene ring substituents is 1. The second kappa shape index (κ2) is 9.21. The molecule has 0 aromatic heterocycles. The molecule has 2 atom stereocenters. The molecule has 35 heavy (non-hydrogen) atoms. The highest BCUT2D eigenvalue weighted by Gasteiger charge is 2.53. The van der Waals surface area contributed by atoms with Gasteiger partial charge in [-0.2, -0.15) is 5.01 Å². The number of carboxylic acid groups (broad SMARTS) is 1. The molecule has 0 spiro atoms. The van der Waals surface area contributed by atoms with Gasteiger partial charge in [-0.1, -0.05) is 36.4 Å². The Labute approximate surface area is 198 Å². The number of nitro groups is 1. The van der Waals surface area contributed by atoms with Crippen molar-refractivity contribution in [3.63, 3.8) is 0 Å². The van der Waals surface area contributed by atoms with Crippen molar-refractivity contribution in [3.05, 3.63) is 75.3 Å². The van der Waals surface area contributed by atoms with Crippen LogP contribution in [0.3, 0.4) is 0 Å². The van der Waals surface area contributed by atoms with Crippen molar-refractivity contribution < 1.29 is 29.2 Å². The molecule has 0 bridgehead atoms. The summed E-state index contributed by atoms with van der Waals surface area (Å²) in [6.45, 7) is 2.46. The monoisotopic (exact) mass is 482 g/mol. The number of carbonyl (C=O) groups excluding carboxylic acids is 3. The summed E-state index contributed by atoms with van der Waals surface area (Å²) < 4.78 is 0. The molecule has 0 aliphatic carbocycles. The van der Waals surface area contributed by atoms with Crippen molar-refractivity contribution in [3.8, 4) is 0 Å². The molecule has 2 aromatic rings. The van der Waals surface area contributed by atoms with Crippen LogP contribution in [0.25, 0.3) is 0 Å². The summed E-state index contributed by atoms with van der Waals surface area (Å²) in [4.78, 5) is 61.4. The fraction of sp³-hybridized carbons (Fsp3) is 0.227. The number of carbonyl (C=O) groups is 4. The number of hydrogen-bond acceptors (Lipinski definition) is 7. The predicted molar refractivity (Wildman–Crippen MR) is 121 cm³/mol. The SMILES string of the molecule is CC(=O)N(C(CC(=O)O)c1cccc([N+](=O)[O-])c1)N1C(=O)NC(C)(c2ccc(C(=N)N)cc2)C1=O. The number of nitrogens with two attached hydrogens (primary N) is 1. The number of nitrogens with one attached hydrogen (secondary N) is 2. The third-order valence-corrected chi connectivity index (χ3v) is 5.61. The van der Waals surface area contributed by atoms with Gasteiger partial charge in [0.25, 0.3) is 11.6 Å². The average molecular weight is 482 g/mol. The van der Waals surface area contributed by atoms with E-state index in [1.54, 1.807) is 0 Å². The minimum absolute atomic E-state index is 0.0526. The number of imide groups is 1. The van der Waals surface area contributed by atoms with E-state index in [4.69, 9.17) is 11.1 Å². The zero-order chi connectivity index (χ0) is 26.1. The maximum atomic E-state index is 13.5. The second-order valence-electron chi connectivity index (χ2n) is 7.99. The predicted octanol–water partition coefficient (Wildman–Crippen LogP) is 1.63. The van der Waals surface area contributed by atoms with Crippen molar-refractivity contribution in [2.24, 2.45) is 5.73 Å². The standard InChI is InChI=1S/C22H22N6O7/c1-12(29)26(17(11-18(30)31)14-4-3-5-16(10-14)28(34)35)27-20(32)22(2,25-21(27)33)15-8-6-13(7-9-15)19(23)24/h3-10,17H,11H2,1-2H3,(H3,23,24)(H,25,33)(H,30,31). The first-order valence-electron chi connectivity index (χ1n) is 10.2. The van der Waals surface area contributed by atoms with Gasteiger partial charge in [0.15, 0.2) is 0 Å². The van der Waals surface area contributed by atoms with Gasteiger partial charge < -0.3 is 16.2 Å². The van der Waals surface area contributed by atoms with Crippen LogP contribution in [0.5, 0.6) is 0 Å². The number of nitrogens with zero attached hydrogens (tertiary/aromatic N) is 3. The summed E-state index contributed by atoms with van der Waals surface area (Å²) in [5.74, 6) is -3.25. The van der Waals surface area contributed by atoms with Crippen LogP contribution in [0, 0.1) is 15.5 Å². The Morgan fingerprint density at radius 3 is 2.40 bits per heavy atom. The number of nitrogen functional groups attached to an aromatic ring is 1. The Morgan fingerprint density at radius 2 is 1.89 bits per heavy atom. The average Bonchev–Trinajstić information content (AvgIpc) is 3.02. The molecule has 3 rings (SSSR count). The van der Waals surface area contributed by atoms with Crippen LogP contribution in [-0.2, 0) is 19.9 Å². The lowest BCUT2D eigenvalue weighted by molar-refractivity contribution is -0.385. The first kappa shape index (κ1) is 24.8. The number of hydrazine groups is 1. The summed E-state index contributed by atoms with van der Waals surface area (Å²) in [7, 11) is 0. The molecule has 1 aliphatic rings. The number of aliphatic carboxylic acids is 1. The Bertz CT molecular complexity index is 1250. The van der Waals surface area contributed by atoms with Crippen molar-refractivity contribution in [2.45, 2.75) is 31.8 Å². The third kappa shape index (κ3) is 4.64. The van der Waals surface area contributed by atoms with Gasteiger partial charge in [-0.05, 0) is 18.1 Å². The number of hydrogen-bond donors (Lipinski definition) is 4. The molecule has 2 aromatic carbocycles. The summed E-state index contributed by atoms with van der Waals surface area (Å²) >= 11 is 0. The van der Waals surface area contributed by atoms with Gasteiger partial charge in [0.05, 0.1) is 17.4 Å². The lowest BCUT2D eigenvalue weighted by Crippen LogP contribution is -2.52. The van der Waals surface area contributed by atoms with Crippen molar-refractivity contribution in [1.29, 1.82) is 5.41 Å². The van der Waals surface area contributed by atoms with E-state index in [1.807, 2.05) is 0 Å². The van der Waals surface area contributed by atoms with Gasteiger partial charge in [0, 0.05) is 24.6 Å². The van der Waals surface area contributed by atoms with E-state index in [2.05, 4.69) is 5.32 Å². The molecule has 1 fully saturated rings. The number of amides is 4. The number of carboxylic acids is 1. The molecule has 1 heterocycles. The maximum Gasteiger partial charge on any atom is 0.344 e. The molecule has 0 radical (unpaired) electrons. The van der Waals surface area contributed by atoms with Crippen LogP contribution in [0.15, 0.2) is 48.5 Å². The van der Waals surface area contributed by atoms with Crippen LogP contribution in [0.4, 0.5) is 10.5 Å². The number of urea groups is 1. The largest absolute Gasteiger partial charge is 0.481 e. The molecule has 13 nitrogen and oxygen atoms in total. The Hall–Kier alpha value is -4.81. The van der Waals surface area contributed by atoms with Gasteiger partial charge >= 0.3 is 12.0 Å². The highest BCUT2D eigenvalue weighted by molar-refractivity contribution is 6.08. The topological polar surface area (TPSA) is 200 Å². The molecule has 13 heteroatoms. The molecule has 1 saturated heterocycles. The van der Waals surface area contributed by atoms with Gasteiger partial charge in [0.2, 0.25) is 5.91 Å². The molecular formula is C22H22N6O7. The zero-order valence-corrected chi connectivity index (χ0v) is 18.7.